The van der Waals surface area contributed by atoms with Crippen molar-refractivity contribution in [1.82, 2.24) is 9.97 Å². The molecule has 0 aliphatic carbocycles. The number of imidazole rings is 1. The lowest BCUT2D eigenvalue weighted by Gasteiger charge is -2.09. The van der Waals surface area contributed by atoms with Crippen molar-refractivity contribution in [1.29, 1.82) is 0 Å². The fourth-order valence-electron chi connectivity index (χ4n) is 2.12. The molecule has 0 bridgehead atoms. The molecule has 0 unspecified atom stereocenters. The van der Waals surface area contributed by atoms with Crippen LogP contribution < -0.4 is 0 Å². The van der Waals surface area contributed by atoms with Crippen LogP contribution in [0.5, 0.6) is 0 Å². The minimum absolute atomic E-state index is 0.116. The largest absolute Gasteiger partial charge is 0.416 e. The lowest BCUT2D eigenvalue weighted by molar-refractivity contribution is -0.137. The van der Waals surface area contributed by atoms with Crippen molar-refractivity contribution >= 4 is 23.2 Å². The Kier molecular flexibility index (Phi) is 3.25. The Balaban J connectivity index is 1.96. The van der Waals surface area contributed by atoms with E-state index in [1.165, 1.54) is 18.2 Å². The van der Waals surface area contributed by atoms with Gasteiger partial charge < -0.3 is 4.98 Å². The highest BCUT2D eigenvalue weighted by atomic mass is 19.4. The highest BCUT2D eigenvalue weighted by Gasteiger charge is 2.32. The fourth-order valence-corrected chi connectivity index (χ4v) is 2.12. The molecular formula is C16H11F3N2. The van der Waals surface area contributed by atoms with E-state index in [4.69, 9.17) is 0 Å². The van der Waals surface area contributed by atoms with Crippen molar-refractivity contribution in [3.8, 4) is 0 Å². The summed E-state index contributed by atoms with van der Waals surface area (Å²) in [5.41, 5.74) is 1.09. The number of para-hydroxylation sites is 2. The molecule has 21 heavy (non-hydrogen) atoms. The van der Waals surface area contributed by atoms with E-state index in [0.717, 1.165) is 17.1 Å². The lowest BCUT2D eigenvalue weighted by atomic mass is 10.1. The minimum atomic E-state index is -4.37. The molecule has 0 aliphatic heterocycles. The van der Waals surface area contributed by atoms with Crippen LogP contribution in [-0.2, 0) is 6.18 Å². The second kappa shape index (κ2) is 5.09. The van der Waals surface area contributed by atoms with Crippen molar-refractivity contribution in [3.63, 3.8) is 0 Å². The molecule has 106 valence electrons. The molecule has 0 radical (unpaired) electrons. The average Bonchev–Trinajstić information content (AvgIpc) is 2.87. The van der Waals surface area contributed by atoms with Crippen LogP contribution in [0.15, 0.2) is 48.5 Å². The van der Waals surface area contributed by atoms with Gasteiger partial charge in [0.1, 0.15) is 5.82 Å². The first-order valence-corrected chi connectivity index (χ1v) is 6.33. The number of halogens is 3. The van der Waals surface area contributed by atoms with Gasteiger partial charge in [-0.25, -0.2) is 4.98 Å². The fraction of sp³-hybridized carbons (Fsp3) is 0.0625. The van der Waals surface area contributed by atoms with Gasteiger partial charge in [0.2, 0.25) is 0 Å². The number of rotatable bonds is 2. The topological polar surface area (TPSA) is 28.7 Å². The van der Waals surface area contributed by atoms with Gasteiger partial charge in [0.05, 0.1) is 16.6 Å². The monoisotopic (exact) mass is 288 g/mol. The van der Waals surface area contributed by atoms with Gasteiger partial charge in [0.25, 0.3) is 0 Å². The second-order valence-electron chi connectivity index (χ2n) is 4.56. The maximum Gasteiger partial charge on any atom is 0.416 e. The number of alkyl halides is 3. The van der Waals surface area contributed by atoms with Crippen molar-refractivity contribution < 1.29 is 13.2 Å². The van der Waals surface area contributed by atoms with Gasteiger partial charge in [-0.3, -0.25) is 0 Å². The molecule has 5 heteroatoms. The Morgan fingerprint density at radius 2 is 1.62 bits per heavy atom. The molecule has 2 aromatic carbocycles. The normalized spacial score (nSPS) is 12.3. The zero-order valence-electron chi connectivity index (χ0n) is 10.9. The van der Waals surface area contributed by atoms with Crippen LogP contribution in [0.25, 0.3) is 23.2 Å². The summed E-state index contributed by atoms with van der Waals surface area (Å²) in [5.74, 6) is 0.521. The Morgan fingerprint density at radius 1 is 0.905 bits per heavy atom. The van der Waals surface area contributed by atoms with Gasteiger partial charge in [0.15, 0.2) is 0 Å². The third kappa shape index (κ3) is 2.81. The minimum Gasteiger partial charge on any atom is -0.338 e. The molecule has 1 N–H and O–H groups in total. The van der Waals surface area contributed by atoms with Crippen molar-refractivity contribution in [2.45, 2.75) is 6.18 Å². The van der Waals surface area contributed by atoms with E-state index < -0.39 is 11.7 Å². The van der Waals surface area contributed by atoms with Crippen LogP contribution in [0.3, 0.4) is 0 Å². The first-order chi connectivity index (χ1) is 10.0. The van der Waals surface area contributed by atoms with Crippen molar-refractivity contribution in [3.05, 3.63) is 65.5 Å². The zero-order valence-corrected chi connectivity index (χ0v) is 10.9. The molecule has 1 aromatic heterocycles. The summed E-state index contributed by atoms with van der Waals surface area (Å²) in [5, 5.41) is 0. The highest BCUT2D eigenvalue weighted by molar-refractivity contribution is 5.78. The van der Waals surface area contributed by atoms with E-state index in [-0.39, 0.29) is 5.56 Å². The SMILES string of the molecule is FC(F)(F)c1ccccc1/C=C/c1nc2ccccc2[nH]1. The van der Waals surface area contributed by atoms with Crippen molar-refractivity contribution in [2.75, 3.05) is 0 Å². The van der Waals surface area contributed by atoms with Gasteiger partial charge in [-0.15, -0.1) is 0 Å². The summed E-state index contributed by atoms with van der Waals surface area (Å²) in [4.78, 5) is 7.34. The lowest BCUT2D eigenvalue weighted by Crippen LogP contribution is -2.06. The second-order valence-corrected chi connectivity index (χ2v) is 4.56. The Morgan fingerprint density at radius 3 is 2.38 bits per heavy atom. The molecular weight excluding hydrogens is 277 g/mol. The zero-order chi connectivity index (χ0) is 14.9. The van der Waals surface area contributed by atoms with E-state index in [1.54, 1.807) is 12.1 Å². The highest BCUT2D eigenvalue weighted by Crippen LogP contribution is 2.32. The number of hydrogen-bond acceptors (Lipinski definition) is 1. The third-order valence-electron chi connectivity index (χ3n) is 3.09. The molecule has 0 saturated heterocycles. The maximum absolute atomic E-state index is 12.9. The smallest absolute Gasteiger partial charge is 0.338 e. The van der Waals surface area contributed by atoms with Crippen LogP contribution in [0.1, 0.15) is 17.0 Å². The molecule has 1 heterocycles. The predicted octanol–water partition coefficient (Wildman–Crippen LogP) is 4.75. The van der Waals surface area contributed by atoms with Gasteiger partial charge in [0, 0.05) is 0 Å². The number of benzene rings is 2. The van der Waals surface area contributed by atoms with Gasteiger partial charge in [-0.1, -0.05) is 36.4 Å². The molecule has 0 atom stereocenters. The number of hydrogen-bond donors (Lipinski definition) is 1. The third-order valence-corrected chi connectivity index (χ3v) is 3.09. The van der Waals surface area contributed by atoms with Crippen LogP contribution in [0.4, 0.5) is 13.2 Å². The van der Waals surface area contributed by atoms with Crippen LogP contribution in [-0.4, -0.2) is 9.97 Å². The molecule has 0 fully saturated rings. The van der Waals surface area contributed by atoms with E-state index in [1.807, 2.05) is 24.3 Å². The summed E-state index contributed by atoms with van der Waals surface area (Å²) in [7, 11) is 0. The van der Waals surface area contributed by atoms with E-state index in [2.05, 4.69) is 9.97 Å². The maximum atomic E-state index is 12.9. The summed E-state index contributed by atoms with van der Waals surface area (Å²) in [6, 6.07) is 12.9. The first kappa shape index (κ1) is 13.4. The number of nitrogens with one attached hydrogen (secondary N) is 1. The van der Waals surface area contributed by atoms with Gasteiger partial charge in [-0.05, 0) is 29.8 Å². The predicted molar refractivity (Wildman–Crippen MR) is 76.5 cm³/mol. The Hall–Kier alpha value is -2.56. The van der Waals surface area contributed by atoms with Gasteiger partial charge in [-0.2, -0.15) is 13.2 Å². The first-order valence-electron chi connectivity index (χ1n) is 6.33. The van der Waals surface area contributed by atoms with Gasteiger partial charge >= 0.3 is 6.18 Å². The number of nitrogens with zero attached hydrogens (tertiary/aromatic N) is 1. The molecule has 0 spiro atoms. The van der Waals surface area contributed by atoms with E-state index in [9.17, 15) is 13.2 Å². The standard InChI is InChI=1S/C16H11F3N2/c17-16(18,19)12-6-2-1-5-11(12)9-10-15-20-13-7-3-4-8-14(13)21-15/h1-10H,(H,20,21)/b10-9+. The Labute approximate surface area is 119 Å². The van der Waals surface area contributed by atoms with E-state index in [0.29, 0.717) is 5.82 Å². The number of aromatic nitrogens is 2. The summed E-state index contributed by atoms with van der Waals surface area (Å²) < 4.78 is 38.7. The number of H-pyrrole nitrogens is 1. The average molecular weight is 288 g/mol. The molecule has 0 aliphatic rings. The Bertz CT molecular complexity index is 767. The van der Waals surface area contributed by atoms with Crippen LogP contribution in [0, 0.1) is 0 Å². The van der Waals surface area contributed by atoms with E-state index >= 15 is 0 Å². The van der Waals surface area contributed by atoms with Crippen LogP contribution >= 0.6 is 0 Å². The molecule has 3 rings (SSSR count). The summed E-state index contributed by atoms with van der Waals surface area (Å²) in [6.45, 7) is 0. The molecule has 2 nitrogen and oxygen atoms in total. The number of fused-ring (bicyclic) bond motifs is 1. The number of aromatic amines is 1. The molecule has 0 amide bonds. The summed E-state index contributed by atoms with van der Waals surface area (Å²) in [6.07, 6.45) is -1.40. The van der Waals surface area contributed by atoms with Crippen molar-refractivity contribution in [2.24, 2.45) is 0 Å². The van der Waals surface area contributed by atoms with Crippen LogP contribution in [0.2, 0.25) is 0 Å². The summed E-state index contributed by atoms with van der Waals surface area (Å²) >= 11 is 0. The quantitative estimate of drug-likeness (QED) is 0.724. The molecule has 0 saturated carbocycles. The molecule has 3 aromatic rings.